The number of aliphatic hydroxyl groups excluding tert-OH is 1. The monoisotopic (exact) mass is 311 g/mol. The van der Waals surface area contributed by atoms with Crippen LogP contribution >= 0.6 is 27.5 Å². The number of aliphatic hydroxyl groups is 1. The Balaban J connectivity index is 2.20. The number of aromatic nitrogens is 1. The van der Waals surface area contributed by atoms with Gasteiger partial charge in [-0.05, 0) is 35.9 Å². The molecule has 0 amide bonds. The van der Waals surface area contributed by atoms with Crippen molar-refractivity contribution in [3.63, 3.8) is 0 Å². The summed E-state index contributed by atoms with van der Waals surface area (Å²) in [5.41, 5.74) is 1.63. The van der Waals surface area contributed by atoms with Gasteiger partial charge in [-0.3, -0.25) is 4.98 Å². The van der Waals surface area contributed by atoms with Crippen molar-refractivity contribution in [3.8, 4) is 0 Å². The molecule has 1 heterocycles. The maximum Gasteiger partial charge on any atom is 0.0856 e. The van der Waals surface area contributed by atoms with Crippen LogP contribution < -0.4 is 0 Å². The highest BCUT2D eigenvalue weighted by Crippen LogP contribution is 2.28. The molecule has 1 aromatic carbocycles. The molecule has 1 aromatic heterocycles. The van der Waals surface area contributed by atoms with Crippen molar-refractivity contribution in [3.05, 3.63) is 63.3 Å². The van der Waals surface area contributed by atoms with Crippen molar-refractivity contribution in [1.29, 1.82) is 0 Å². The number of rotatable bonds is 3. The van der Waals surface area contributed by atoms with Crippen LogP contribution in [-0.2, 0) is 6.42 Å². The van der Waals surface area contributed by atoms with Crippen LogP contribution in [0.3, 0.4) is 0 Å². The first-order chi connectivity index (χ1) is 8.16. The standard InChI is InChI=1S/C13H11BrClNO/c14-12-5-4-9(15)7-11(12)13(17)8-10-3-1-2-6-16-10/h1-7,13,17H,8H2. The predicted octanol–water partition coefficient (Wildman–Crippen LogP) is 3.77. The topological polar surface area (TPSA) is 33.1 Å². The number of benzene rings is 1. The van der Waals surface area contributed by atoms with E-state index in [1.165, 1.54) is 0 Å². The van der Waals surface area contributed by atoms with E-state index in [9.17, 15) is 5.11 Å². The van der Waals surface area contributed by atoms with Crippen LogP contribution in [0.5, 0.6) is 0 Å². The zero-order valence-corrected chi connectivity index (χ0v) is 11.3. The Hall–Kier alpha value is -0.900. The lowest BCUT2D eigenvalue weighted by Crippen LogP contribution is -2.04. The van der Waals surface area contributed by atoms with E-state index in [1.54, 1.807) is 18.3 Å². The van der Waals surface area contributed by atoms with Gasteiger partial charge in [0.25, 0.3) is 0 Å². The molecule has 0 spiro atoms. The second kappa shape index (κ2) is 5.63. The van der Waals surface area contributed by atoms with E-state index < -0.39 is 6.10 Å². The van der Waals surface area contributed by atoms with Crippen molar-refractivity contribution in [2.75, 3.05) is 0 Å². The van der Waals surface area contributed by atoms with Crippen LogP contribution in [-0.4, -0.2) is 10.1 Å². The first-order valence-electron chi connectivity index (χ1n) is 5.20. The maximum absolute atomic E-state index is 10.2. The third-order valence-corrected chi connectivity index (χ3v) is 3.40. The smallest absolute Gasteiger partial charge is 0.0856 e. The summed E-state index contributed by atoms with van der Waals surface area (Å²) in [4.78, 5) is 4.19. The van der Waals surface area contributed by atoms with Gasteiger partial charge in [-0.25, -0.2) is 0 Å². The fourth-order valence-corrected chi connectivity index (χ4v) is 2.29. The van der Waals surface area contributed by atoms with E-state index in [4.69, 9.17) is 11.6 Å². The van der Waals surface area contributed by atoms with Crippen molar-refractivity contribution in [1.82, 2.24) is 4.98 Å². The number of hydrogen-bond acceptors (Lipinski definition) is 2. The highest BCUT2D eigenvalue weighted by Gasteiger charge is 2.13. The van der Waals surface area contributed by atoms with E-state index in [0.29, 0.717) is 11.4 Å². The summed E-state index contributed by atoms with van der Waals surface area (Å²) >= 11 is 9.32. The van der Waals surface area contributed by atoms with Gasteiger partial charge >= 0.3 is 0 Å². The second-order valence-corrected chi connectivity index (χ2v) is 5.00. The van der Waals surface area contributed by atoms with Crippen LogP contribution in [0, 0.1) is 0 Å². The molecule has 2 aromatic rings. The molecule has 1 unspecified atom stereocenters. The number of pyridine rings is 1. The highest BCUT2D eigenvalue weighted by molar-refractivity contribution is 9.10. The van der Waals surface area contributed by atoms with Gasteiger partial charge in [-0.1, -0.05) is 33.6 Å². The molecule has 0 bridgehead atoms. The summed E-state index contributed by atoms with van der Waals surface area (Å²) in [7, 11) is 0. The van der Waals surface area contributed by atoms with Gasteiger partial charge in [0.2, 0.25) is 0 Å². The number of hydrogen-bond donors (Lipinski definition) is 1. The third-order valence-electron chi connectivity index (χ3n) is 2.45. The van der Waals surface area contributed by atoms with Gasteiger partial charge in [0.1, 0.15) is 0 Å². The summed E-state index contributed by atoms with van der Waals surface area (Å²) in [5, 5.41) is 10.8. The third kappa shape index (κ3) is 3.28. The van der Waals surface area contributed by atoms with E-state index in [0.717, 1.165) is 15.7 Å². The molecule has 88 valence electrons. The number of nitrogens with zero attached hydrogens (tertiary/aromatic N) is 1. The summed E-state index contributed by atoms with van der Waals surface area (Å²) in [6.07, 6.45) is 1.58. The zero-order chi connectivity index (χ0) is 12.3. The summed E-state index contributed by atoms with van der Waals surface area (Å²) < 4.78 is 0.852. The minimum atomic E-state index is -0.613. The molecule has 4 heteroatoms. The molecule has 0 radical (unpaired) electrons. The predicted molar refractivity (Wildman–Crippen MR) is 72.1 cm³/mol. The summed E-state index contributed by atoms with van der Waals surface area (Å²) in [6.45, 7) is 0. The van der Waals surface area contributed by atoms with E-state index in [1.807, 2.05) is 24.3 Å². The molecule has 0 aliphatic carbocycles. The number of halogens is 2. The molecule has 0 saturated heterocycles. The Morgan fingerprint density at radius 2 is 2.12 bits per heavy atom. The van der Waals surface area contributed by atoms with Crippen LogP contribution in [0.25, 0.3) is 0 Å². The minimum absolute atomic E-state index is 0.472. The van der Waals surface area contributed by atoms with Crippen molar-refractivity contribution in [2.24, 2.45) is 0 Å². The lowest BCUT2D eigenvalue weighted by molar-refractivity contribution is 0.176. The molecule has 0 aliphatic heterocycles. The van der Waals surface area contributed by atoms with Gasteiger partial charge in [0, 0.05) is 27.8 Å². The average Bonchev–Trinajstić information content (AvgIpc) is 2.33. The molecule has 1 N–H and O–H groups in total. The Bertz CT molecular complexity index is 504. The molecular formula is C13H11BrClNO. The lowest BCUT2D eigenvalue weighted by Gasteiger charge is -2.12. The van der Waals surface area contributed by atoms with E-state index >= 15 is 0 Å². The van der Waals surface area contributed by atoms with Gasteiger partial charge in [-0.15, -0.1) is 0 Å². The average molecular weight is 313 g/mol. The molecule has 0 saturated carbocycles. The van der Waals surface area contributed by atoms with E-state index in [2.05, 4.69) is 20.9 Å². The first-order valence-corrected chi connectivity index (χ1v) is 6.37. The fourth-order valence-electron chi connectivity index (χ4n) is 1.60. The molecular weight excluding hydrogens is 302 g/mol. The minimum Gasteiger partial charge on any atom is -0.388 e. The second-order valence-electron chi connectivity index (χ2n) is 3.71. The van der Waals surface area contributed by atoms with Gasteiger partial charge in [0.15, 0.2) is 0 Å². The largest absolute Gasteiger partial charge is 0.388 e. The van der Waals surface area contributed by atoms with Crippen molar-refractivity contribution < 1.29 is 5.11 Å². The Kier molecular flexibility index (Phi) is 4.15. The lowest BCUT2D eigenvalue weighted by atomic mass is 10.0. The van der Waals surface area contributed by atoms with Crippen LogP contribution in [0.2, 0.25) is 5.02 Å². The molecule has 2 nitrogen and oxygen atoms in total. The van der Waals surface area contributed by atoms with Crippen LogP contribution in [0.1, 0.15) is 17.4 Å². The zero-order valence-electron chi connectivity index (χ0n) is 8.98. The van der Waals surface area contributed by atoms with Crippen LogP contribution in [0.4, 0.5) is 0 Å². The molecule has 2 rings (SSSR count). The van der Waals surface area contributed by atoms with E-state index in [-0.39, 0.29) is 0 Å². The van der Waals surface area contributed by atoms with Crippen molar-refractivity contribution >= 4 is 27.5 Å². The Labute approximate surface area is 113 Å². The van der Waals surface area contributed by atoms with Gasteiger partial charge in [-0.2, -0.15) is 0 Å². The molecule has 1 atom stereocenters. The molecule has 17 heavy (non-hydrogen) atoms. The Morgan fingerprint density at radius 3 is 2.82 bits per heavy atom. The summed E-state index contributed by atoms with van der Waals surface area (Å²) in [6, 6.07) is 11.0. The van der Waals surface area contributed by atoms with Gasteiger partial charge < -0.3 is 5.11 Å². The molecule has 0 aliphatic rings. The van der Waals surface area contributed by atoms with Crippen molar-refractivity contribution in [2.45, 2.75) is 12.5 Å². The SMILES string of the molecule is OC(Cc1ccccn1)c1cc(Cl)ccc1Br. The summed E-state index contributed by atoms with van der Waals surface area (Å²) in [5.74, 6) is 0. The quantitative estimate of drug-likeness (QED) is 0.936. The normalized spacial score (nSPS) is 12.4. The van der Waals surface area contributed by atoms with Crippen LogP contribution in [0.15, 0.2) is 47.1 Å². The Morgan fingerprint density at radius 1 is 1.29 bits per heavy atom. The fraction of sp³-hybridized carbons (Fsp3) is 0.154. The maximum atomic E-state index is 10.2. The molecule has 0 fully saturated rings. The van der Waals surface area contributed by atoms with Gasteiger partial charge in [0.05, 0.1) is 6.10 Å². The first kappa shape index (κ1) is 12.6. The highest BCUT2D eigenvalue weighted by atomic mass is 79.9.